The van der Waals surface area contributed by atoms with E-state index < -0.39 is 17.1 Å². The highest BCUT2D eigenvalue weighted by Crippen LogP contribution is 2.31. The molecular formula is C10H11ClF3NO. The second kappa shape index (κ2) is 5.50. The van der Waals surface area contributed by atoms with Crippen molar-refractivity contribution >= 4 is 11.6 Å². The number of ether oxygens (including phenoxy) is 1. The molecule has 1 unspecified atom stereocenters. The van der Waals surface area contributed by atoms with Crippen LogP contribution in [0.5, 0.6) is 0 Å². The Morgan fingerprint density at radius 1 is 1.50 bits per heavy atom. The third-order valence-corrected chi connectivity index (χ3v) is 2.24. The van der Waals surface area contributed by atoms with E-state index in [9.17, 15) is 13.2 Å². The lowest BCUT2D eigenvalue weighted by molar-refractivity contribution is -0.138. The molecule has 6 heteroatoms. The first-order valence-corrected chi connectivity index (χ1v) is 5.03. The van der Waals surface area contributed by atoms with Gasteiger partial charge in [0.15, 0.2) is 0 Å². The van der Waals surface area contributed by atoms with Crippen LogP contribution in [0.3, 0.4) is 0 Å². The van der Waals surface area contributed by atoms with Gasteiger partial charge >= 0.3 is 6.18 Å². The van der Waals surface area contributed by atoms with Crippen LogP contribution < -0.4 is 0 Å². The number of hydrogen-bond acceptors (Lipinski definition) is 2. The van der Waals surface area contributed by atoms with Gasteiger partial charge in [0.2, 0.25) is 0 Å². The monoisotopic (exact) mass is 253 g/mol. The molecule has 1 aromatic heterocycles. The van der Waals surface area contributed by atoms with Gasteiger partial charge in [0, 0.05) is 19.7 Å². The van der Waals surface area contributed by atoms with Crippen LogP contribution in [0.4, 0.5) is 13.2 Å². The molecule has 90 valence electrons. The molecule has 16 heavy (non-hydrogen) atoms. The molecule has 0 aliphatic heterocycles. The summed E-state index contributed by atoms with van der Waals surface area (Å²) in [6.07, 6.45) is -3.04. The average molecular weight is 254 g/mol. The zero-order chi connectivity index (χ0) is 12.2. The van der Waals surface area contributed by atoms with Gasteiger partial charge in [-0.1, -0.05) is 0 Å². The summed E-state index contributed by atoms with van der Waals surface area (Å²) in [4.78, 5) is 3.71. The molecule has 0 saturated heterocycles. The van der Waals surface area contributed by atoms with Crippen molar-refractivity contribution in [2.75, 3.05) is 13.7 Å². The molecular weight excluding hydrogens is 243 g/mol. The smallest absolute Gasteiger partial charge is 0.383 e. The van der Waals surface area contributed by atoms with Crippen LogP contribution in [0, 0.1) is 0 Å². The highest BCUT2D eigenvalue weighted by Gasteiger charge is 2.34. The number of pyridine rings is 1. The predicted molar refractivity (Wildman–Crippen MR) is 54.5 cm³/mol. The van der Waals surface area contributed by atoms with Crippen LogP contribution in [0.15, 0.2) is 18.3 Å². The molecule has 0 spiro atoms. The second-order valence-electron chi connectivity index (χ2n) is 3.25. The van der Waals surface area contributed by atoms with E-state index in [0.29, 0.717) is 0 Å². The quantitative estimate of drug-likeness (QED) is 0.770. The van der Waals surface area contributed by atoms with Crippen LogP contribution in [0.2, 0.25) is 0 Å². The van der Waals surface area contributed by atoms with E-state index in [0.717, 1.165) is 6.07 Å². The molecule has 0 aromatic carbocycles. The van der Waals surface area contributed by atoms with Crippen molar-refractivity contribution in [2.24, 2.45) is 0 Å². The fraction of sp³-hybridized carbons (Fsp3) is 0.500. The van der Waals surface area contributed by atoms with E-state index in [4.69, 9.17) is 16.3 Å². The first-order valence-electron chi connectivity index (χ1n) is 4.59. The number of halogens is 4. The largest absolute Gasteiger partial charge is 0.418 e. The molecule has 0 aliphatic rings. The summed E-state index contributed by atoms with van der Waals surface area (Å²) in [5.41, 5.74) is -0.788. The summed E-state index contributed by atoms with van der Waals surface area (Å²) < 4.78 is 42.5. The van der Waals surface area contributed by atoms with Crippen LogP contribution in [-0.2, 0) is 17.3 Å². The van der Waals surface area contributed by atoms with Gasteiger partial charge in [-0.25, -0.2) is 0 Å². The van der Waals surface area contributed by atoms with E-state index in [2.05, 4.69) is 4.98 Å². The topological polar surface area (TPSA) is 22.1 Å². The molecule has 0 aliphatic carbocycles. The molecule has 0 radical (unpaired) electrons. The molecule has 0 amide bonds. The van der Waals surface area contributed by atoms with Gasteiger partial charge in [0.25, 0.3) is 0 Å². The fourth-order valence-corrected chi connectivity index (χ4v) is 1.58. The fourth-order valence-electron chi connectivity index (χ4n) is 1.31. The minimum absolute atomic E-state index is 0.0328. The molecule has 0 N–H and O–H groups in total. The summed E-state index contributed by atoms with van der Waals surface area (Å²) in [5, 5.41) is -0.513. The Balaban J connectivity index is 2.87. The predicted octanol–water partition coefficient (Wildman–Crippen LogP) is 2.90. The Kier molecular flexibility index (Phi) is 4.56. The minimum Gasteiger partial charge on any atom is -0.383 e. The third kappa shape index (κ3) is 3.64. The van der Waals surface area contributed by atoms with Crippen molar-refractivity contribution in [3.63, 3.8) is 0 Å². The molecule has 0 fully saturated rings. The van der Waals surface area contributed by atoms with Crippen LogP contribution >= 0.6 is 11.6 Å². The SMILES string of the molecule is COCC(Cl)Cc1ncccc1C(F)(F)F. The van der Waals surface area contributed by atoms with Crippen molar-refractivity contribution in [3.8, 4) is 0 Å². The Bertz CT molecular complexity index is 343. The maximum absolute atomic E-state index is 12.6. The highest BCUT2D eigenvalue weighted by atomic mass is 35.5. The van der Waals surface area contributed by atoms with Crippen molar-refractivity contribution in [3.05, 3.63) is 29.6 Å². The lowest BCUT2D eigenvalue weighted by Gasteiger charge is -2.13. The van der Waals surface area contributed by atoms with Gasteiger partial charge in [0.05, 0.1) is 23.2 Å². The van der Waals surface area contributed by atoms with E-state index in [1.165, 1.54) is 19.4 Å². The number of aromatic nitrogens is 1. The molecule has 0 saturated carbocycles. The van der Waals surface area contributed by atoms with E-state index in [1.807, 2.05) is 0 Å². The van der Waals surface area contributed by atoms with Crippen LogP contribution in [0.1, 0.15) is 11.3 Å². The molecule has 1 heterocycles. The normalized spacial score (nSPS) is 13.8. The Labute approximate surface area is 96.4 Å². The number of nitrogens with zero attached hydrogens (tertiary/aromatic N) is 1. The maximum atomic E-state index is 12.6. The van der Waals surface area contributed by atoms with Gasteiger partial charge in [-0.05, 0) is 12.1 Å². The third-order valence-electron chi connectivity index (χ3n) is 1.96. The second-order valence-corrected chi connectivity index (χ2v) is 3.87. The molecule has 2 nitrogen and oxygen atoms in total. The summed E-state index contributed by atoms with van der Waals surface area (Å²) >= 11 is 5.81. The summed E-state index contributed by atoms with van der Waals surface area (Å²) in [6.45, 7) is 0.190. The Hall–Kier alpha value is -0.810. The van der Waals surface area contributed by atoms with Gasteiger partial charge in [-0.2, -0.15) is 13.2 Å². The lowest BCUT2D eigenvalue weighted by Crippen LogP contribution is -2.17. The standard InChI is InChI=1S/C10H11ClF3NO/c1-16-6-7(11)5-9-8(10(12,13)14)3-2-4-15-9/h2-4,7H,5-6H2,1H3. The van der Waals surface area contributed by atoms with Crippen molar-refractivity contribution in [2.45, 2.75) is 18.0 Å². The minimum atomic E-state index is -4.40. The first-order chi connectivity index (χ1) is 7.45. The van der Waals surface area contributed by atoms with E-state index in [-0.39, 0.29) is 18.7 Å². The Morgan fingerprint density at radius 3 is 2.75 bits per heavy atom. The van der Waals surface area contributed by atoms with Crippen LogP contribution in [-0.4, -0.2) is 24.1 Å². The van der Waals surface area contributed by atoms with Gasteiger partial charge in [-0.3, -0.25) is 4.98 Å². The lowest BCUT2D eigenvalue weighted by atomic mass is 10.1. The number of rotatable bonds is 4. The zero-order valence-corrected chi connectivity index (χ0v) is 9.35. The van der Waals surface area contributed by atoms with Crippen molar-refractivity contribution in [1.82, 2.24) is 4.98 Å². The summed E-state index contributed by atoms with van der Waals surface area (Å²) in [7, 11) is 1.44. The molecule has 1 aromatic rings. The van der Waals surface area contributed by atoms with Crippen molar-refractivity contribution < 1.29 is 17.9 Å². The Morgan fingerprint density at radius 2 is 2.19 bits per heavy atom. The van der Waals surface area contributed by atoms with Gasteiger partial charge in [-0.15, -0.1) is 11.6 Å². The van der Waals surface area contributed by atoms with Gasteiger partial charge in [0.1, 0.15) is 0 Å². The molecule has 0 bridgehead atoms. The number of alkyl halides is 4. The molecule has 1 rings (SSSR count). The summed E-state index contributed by atoms with van der Waals surface area (Å²) in [5.74, 6) is 0. The average Bonchev–Trinajstić information content (AvgIpc) is 2.17. The molecule has 1 atom stereocenters. The highest BCUT2D eigenvalue weighted by molar-refractivity contribution is 6.20. The van der Waals surface area contributed by atoms with Gasteiger partial charge < -0.3 is 4.74 Å². The number of methoxy groups -OCH3 is 1. The van der Waals surface area contributed by atoms with E-state index >= 15 is 0 Å². The maximum Gasteiger partial charge on any atom is 0.418 e. The first kappa shape index (κ1) is 13.3. The summed E-state index contributed by atoms with van der Waals surface area (Å²) in [6, 6.07) is 2.25. The van der Waals surface area contributed by atoms with E-state index in [1.54, 1.807) is 0 Å². The zero-order valence-electron chi connectivity index (χ0n) is 8.59. The van der Waals surface area contributed by atoms with Crippen molar-refractivity contribution in [1.29, 1.82) is 0 Å². The number of hydrogen-bond donors (Lipinski definition) is 0. The van der Waals surface area contributed by atoms with Crippen LogP contribution in [0.25, 0.3) is 0 Å².